The smallest absolute Gasteiger partial charge is 0.325 e. The highest BCUT2D eigenvalue weighted by atomic mass is 19.1. The minimum atomic E-state index is -0.973. The molecule has 0 saturated carbocycles. The molecule has 98 valence electrons. The Morgan fingerprint density at radius 3 is 2.78 bits per heavy atom. The molecule has 1 saturated heterocycles. The maximum Gasteiger partial charge on any atom is 0.325 e. The van der Waals surface area contributed by atoms with Gasteiger partial charge in [-0.25, -0.2) is 4.39 Å². The molecule has 5 heteroatoms. The molecule has 4 nitrogen and oxygen atoms in total. The van der Waals surface area contributed by atoms with E-state index in [1.807, 2.05) is 0 Å². The van der Waals surface area contributed by atoms with E-state index in [1.54, 1.807) is 0 Å². The summed E-state index contributed by atoms with van der Waals surface area (Å²) in [6.45, 7) is 1.23. The number of halogens is 1. The van der Waals surface area contributed by atoms with Crippen LogP contribution in [0.3, 0.4) is 0 Å². The van der Waals surface area contributed by atoms with Crippen molar-refractivity contribution in [3.05, 3.63) is 35.6 Å². The van der Waals surface area contributed by atoms with Gasteiger partial charge in [0.1, 0.15) is 11.9 Å². The van der Waals surface area contributed by atoms with Gasteiger partial charge in [-0.3, -0.25) is 10.1 Å². The standard InChI is InChI=1S/C13H16FNO3/c14-10-5-3-9(4-6-10)12(13(16)17)15-8-11-2-1-7-18-11/h3-6,11-12,15H,1-2,7-8H2,(H,16,17). The molecule has 2 rings (SSSR count). The van der Waals surface area contributed by atoms with Gasteiger partial charge in [0.05, 0.1) is 6.10 Å². The fourth-order valence-electron chi connectivity index (χ4n) is 2.06. The minimum absolute atomic E-state index is 0.0762. The Bertz CT molecular complexity index is 401. The second-order valence-electron chi connectivity index (χ2n) is 4.37. The molecule has 1 fully saturated rings. The molecule has 2 atom stereocenters. The van der Waals surface area contributed by atoms with E-state index in [1.165, 1.54) is 24.3 Å². The van der Waals surface area contributed by atoms with Crippen molar-refractivity contribution in [3.63, 3.8) is 0 Å². The number of hydrogen-bond acceptors (Lipinski definition) is 3. The zero-order valence-electron chi connectivity index (χ0n) is 9.93. The maximum absolute atomic E-state index is 12.8. The third-order valence-corrected chi connectivity index (χ3v) is 3.02. The van der Waals surface area contributed by atoms with Crippen LogP contribution in [0.2, 0.25) is 0 Å². The van der Waals surface area contributed by atoms with Crippen LogP contribution < -0.4 is 5.32 Å². The minimum Gasteiger partial charge on any atom is -0.480 e. The molecule has 1 aromatic rings. The number of aliphatic carboxylic acids is 1. The van der Waals surface area contributed by atoms with E-state index in [9.17, 15) is 14.3 Å². The lowest BCUT2D eigenvalue weighted by Crippen LogP contribution is -2.34. The Morgan fingerprint density at radius 1 is 1.50 bits per heavy atom. The summed E-state index contributed by atoms with van der Waals surface area (Å²) in [5, 5.41) is 12.1. The van der Waals surface area contributed by atoms with Gasteiger partial charge in [0, 0.05) is 13.2 Å². The Balaban J connectivity index is 1.99. The zero-order chi connectivity index (χ0) is 13.0. The quantitative estimate of drug-likeness (QED) is 0.839. The highest BCUT2D eigenvalue weighted by Gasteiger charge is 2.22. The molecule has 0 radical (unpaired) electrons. The van der Waals surface area contributed by atoms with Crippen molar-refractivity contribution in [1.82, 2.24) is 5.32 Å². The predicted molar refractivity (Wildman–Crippen MR) is 63.8 cm³/mol. The topological polar surface area (TPSA) is 58.6 Å². The number of carboxylic acids is 1. The largest absolute Gasteiger partial charge is 0.480 e. The van der Waals surface area contributed by atoms with Crippen LogP contribution in [0.1, 0.15) is 24.4 Å². The third kappa shape index (κ3) is 3.27. The molecule has 0 bridgehead atoms. The number of rotatable bonds is 5. The SMILES string of the molecule is O=C(O)C(NCC1CCCO1)c1ccc(F)cc1. The van der Waals surface area contributed by atoms with Crippen molar-refractivity contribution < 1.29 is 19.0 Å². The van der Waals surface area contributed by atoms with Gasteiger partial charge in [0.15, 0.2) is 0 Å². The lowest BCUT2D eigenvalue weighted by Gasteiger charge is -2.17. The third-order valence-electron chi connectivity index (χ3n) is 3.02. The van der Waals surface area contributed by atoms with E-state index in [0.717, 1.165) is 19.4 Å². The van der Waals surface area contributed by atoms with Crippen molar-refractivity contribution in [3.8, 4) is 0 Å². The molecule has 18 heavy (non-hydrogen) atoms. The summed E-state index contributed by atoms with van der Waals surface area (Å²) in [6.07, 6.45) is 2.04. The van der Waals surface area contributed by atoms with Gasteiger partial charge in [-0.2, -0.15) is 0 Å². The van der Waals surface area contributed by atoms with Crippen molar-refractivity contribution in [2.45, 2.75) is 25.0 Å². The molecule has 0 aliphatic carbocycles. The number of hydrogen-bond donors (Lipinski definition) is 2. The molecule has 2 N–H and O–H groups in total. The van der Waals surface area contributed by atoms with Crippen LogP contribution >= 0.6 is 0 Å². The first-order chi connectivity index (χ1) is 8.66. The zero-order valence-corrected chi connectivity index (χ0v) is 9.93. The normalized spacial score (nSPS) is 20.8. The second kappa shape index (κ2) is 5.93. The Labute approximate surface area is 105 Å². The van der Waals surface area contributed by atoms with Crippen molar-refractivity contribution in [2.75, 3.05) is 13.2 Å². The van der Waals surface area contributed by atoms with Crippen molar-refractivity contribution in [2.24, 2.45) is 0 Å². The van der Waals surface area contributed by atoms with Gasteiger partial charge < -0.3 is 9.84 Å². The summed E-state index contributed by atoms with van der Waals surface area (Å²) in [7, 11) is 0. The van der Waals surface area contributed by atoms with Crippen LogP contribution in [0.5, 0.6) is 0 Å². The Morgan fingerprint density at radius 2 is 2.22 bits per heavy atom. The van der Waals surface area contributed by atoms with Gasteiger partial charge in [-0.1, -0.05) is 12.1 Å². The van der Waals surface area contributed by atoms with Crippen LogP contribution in [0.4, 0.5) is 4.39 Å². The number of carboxylic acid groups (broad SMARTS) is 1. The molecule has 1 aromatic carbocycles. The molecule has 0 amide bonds. The van der Waals surface area contributed by atoms with E-state index < -0.39 is 12.0 Å². The van der Waals surface area contributed by atoms with E-state index in [0.29, 0.717) is 12.1 Å². The van der Waals surface area contributed by atoms with E-state index >= 15 is 0 Å². The van der Waals surface area contributed by atoms with Gasteiger partial charge in [-0.15, -0.1) is 0 Å². The van der Waals surface area contributed by atoms with E-state index in [-0.39, 0.29) is 11.9 Å². The predicted octanol–water partition coefficient (Wildman–Crippen LogP) is 1.72. The second-order valence-corrected chi connectivity index (χ2v) is 4.37. The molecular formula is C13H16FNO3. The molecule has 0 spiro atoms. The molecular weight excluding hydrogens is 237 g/mol. The lowest BCUT2D eigenvalue weighted by atomic mass is 10.1. The van der Waals surface area contributed by atoms with Crippen molar-refractivity contribution in [1.29, 1.82) is 0 Å². The van der Waals surface area contributed by atoms with E-state index in [4.69, 9.17) is 4.74 Å². The number of benzene rings is 1. The number of ether oxygens (including phenoxy) is 1. The highest BCUT2D eigenvalue weighted by molar-refractivity contribution is 5.75. The fraction of sp³-hybridized carbons (Fsp3) is 0.462. The van der Waals surface area contributed by atoms with Gasteiger partial charge >= 0.3 is 5.97 Å². The van der Waals surface area contributed by atoms with Gasteiger partial charge in [0.2, 0.25) is 0 Å². The molecule has 0 aromatic heterocycles. The van der Waals surface area contributed by atoms with Crippen molar-refractivity contribution >= 4 is 5.97 Å². The van der Waals surface area contributed by atoms with Gasteiger partial charge in [0.25, 0.3) is 0 Å². The summed E-state index contributed by atoms with van der Waals surface area (Å²) in [5.41, 5.74) is 0.543. The molecule has 1 aliphatic heterocycles. The number of carbonyl (C=O) groups is 1. The van der Waals surface area contributed by atoms with Crippen LogP contribution in [0.15, 0.2) is 24.3 Å². The van der Waals surface area contributed by atoms with Crippen LogP contribution in [-0.4, -0.2) is 30.3 Å². The van der Waals surface area contributed by atoms with Gasteiger partial charge in [-0.05, 0) is 30.5 Å². The fourth-order valence-corrected chi connectivity index (χ4v) is 2.06. The average molecular weight is 253 g/mol. The summed E-state index contributed by atoms with van der Waals surface area (Å²) >= 11 is 0. The molecule has 1 aliphatic rings. The molecule has 2 unspecified atom stereocenters. The first-order valence-corrected chi connectivity index (χ1v) is 6.00. The van der Waals surface area contributed by atoms with E-state index in [2.05, 4.69) is 5.32 Å². The van der Waals surface area contributed by atoms with Crippen LogP contribution in [0.25, 0.3) is 0 Å². The first-order valence-electron chi connectivity index (χ1n) is 6.00. The van der Waals surface area contributed by atoms with Crippen LogP contribution in [0, 0.1) is 5.82 Å². The monoisotopic (exact) mass is 253 g/mol. The maximum atomic E-state index is 12.8. The first kappa shape index (κ1) is 13.0. The lowest BCUT2D eigenvalue weighted by molar-refractivity contribution is -0.139. The summed E-state index contributed by atoms with van der Waals surface area (Å²) in [4.78, 5) is 11.2. The summed E-state index contributed by atoms with van der Waals surface area (Å²) in [6, 6.07) is 4.67. The Hall–Kier alpha value is -1.46. The molecule has 1 heterocycles. The number of nitrogens with one attached hydrogen (secondary N) is 1. The summed E-state index contributed by atoms with van der Waals surface area (Å²) in [5.74, 6) is -1.35. The average Bonchev–Trinajstić information content (AvgIpc) is 2.84. The van der Waals surface area contributed by atoms with Crippen LogP contribution in [-0.2, 0) is 9.53 Å². The Kier molecular flexibility index (Phi) is 4.28. The summed E-state index contributed by atoms with van der Waals surface area (Å²) < 4.78 is 18.2. The highest BCUT2D eigenvalue weighted by Crippen LogP contribution is 2.16.